The van der Waals surface area contributed by atoms with E-state index in [0.29, 0.717) is 0 Å². The van der Waals surface area contributed by atoms with Crippen LogP contribution in [0.4, 0.5) is 0 Å². The van der Waals surface area contributed by atoms with Crippen LogP contribution in [-0.4, -0.2) is 28.0 Å². The molecule has 0 aliphatic rings. The normalized spacial score (nSPS) is 7.00. The van der Waals surface area contributed by atoms with E-state index < -0.39 is 0 Å². The summed E-state index contributed by atoms with van der Waals surface area (Å²) in [7, 11) is 0. The van der Waals surface area contributed by atoms with Gasteiger partial charge in [-0.3, -0.25) is 0 Å². The van der Waals surface area contributed by atoms with Crippen molar-refractivity contribution < 1.29 is 5.48 Å². The van der Waals surface area contributed by atoms with Crippen LogP contribution in [-0.2, 0) is 0 Å². The summed E-state index contributed by atoms with van der Waals surface area (Å²) in [5, 5.41) is 0. The molecule has 38 valence electrons. The molecular weight excluding hydrogens is 183 g/mol. The predicted molar refractivity (Wildman–Crippen MR) is 30.5 cm³/mol. The van der Waals surface area contributed by atoms with Crippen molar-refractivity contribution >= 4 is 22.5 Å². The maximum Gasteiger partial charge on any atom is -0.412 e. The van der Waals surface area contributed by atoms with Crippen molar-refractivity contribution in [3.8, 4) is 0 Å². The average molecular weight is 195 g/mol. The molecular formula is C4H12OSn. The number of hydrogen-bond acceptors (Lipinski definition) is 0. The Morgan fingerprint density at radius 3 is 2.00 bits per heavy atom. The molecule has 0 aromatic carbocycles. The summed E-state index contributed by atoms with van der Waals surface area (Å²) in [5.41, 5.74) is 0. The largest absolute Gasteiger partial charge is 0.412 e. The molecule has 0 saturated carbocycles. The Labute approximate surface area is 52.5 Å². The Morgan fingerprint density at radius 1 is 1.50 bits per heavy atom. The quantitative estimate of drug-likeness (QED) is 0.566. The van der Waals surface area contributed by atoms with Crippen LogP contribution in [0.15, 0.2) is 0 Å². The molecule has 0 rings (SSSR count). The van der Waals surface area contributed by atoms with E-state index >= 15 is 0 Å². The molecule has 6 heavy (non-hydrogen) atoms. The van der Waals surface area contributed by atoms with Crippen molar-refractivity contribution in [1.29, 1.82) is 0 Å². The van der Waals surface area contributed by atoms with E-state index in [9.17, 15) is 0 Å². The van der Waals surface area contributed by atoms with E-state index in [1.54, 1.807) is 0 Å². The zero-order valence-electron chi connectivity index (χ0n) is 4.20. The monoisotopic (exact) mass is 196 g/mol. The van der Waals surface area contributed by atoms with Crippen LogP contribution < -0.4 is 0 Å². The first kappa shape index (κ1) is 9.90. The van der Waals surface area contributed by atoms with Gasteiger partial charge in [-0.05, 0) is 0 Å². The third-order valence-corrected chi connectivity index (χ3v) is 1.72. The molecule has 2 heteroatoms. The Balaban J connectivity index is 0. The van der Waals surface area contributed by atoms with E-state index in [2.05, 4.69) is 6.92 Å². The van der Waals surface area contributed by atoms with Crippen LogP contribution in [0.3, 0.4) is 0 Å². The van der Waals surface area contributed by atoms with Gasteiger partial charge in [-0.25, -0.2) is 0 Å². The molecule has 2 N–H and O–H groups in total. The molecule has 0 bridgehead atoms. The van der Waals surface area contributed by atoms with Gasteiger partial charge in [-0.1, -0.05) is 0 Å². The number of unbranched alkanes of at least 4 members (excludes halogenated alkanes) is 1. The van der Waals surface area contributed by atoms with Crippen LogP contribution in [0.1, 0.15) is 19.8 Å². The van der Waals surface area contributed by atoms with Gasteiger partial charge in [0.2, 0.25) is 0 Å². The van der Waals surface area contributed by atoms with Crippen molar-refractivity contribution in [3.05, 3.63) is 0 Å². The van der Waals surface area contributed by atoms with Crippen LogP contribution in [0.5, 0.6) is 0 Å². The predicted octanol–water partition coefficient (Wildman–Crippen LogP) is 0.281. The van der Waals surface area contributed by atoms with Crippen LogP contribution in [0.25, 0.3) is 0 Å². The van der Waals surface area contributed by atoms with Crippen molar-refractivity contribution in [1.82, 2.24) is 0 Å². The number of rotatable bonds is 2. The molecule has 0 aromatic rings. The summed E-state index contributed by atoms with van der Waals surface area (Å²) in [5.74, 6) is 0. The smallest absolute Gasteiger partial charge is 0.412 e. The molecule has 2 radical (unpaired) electrons. The molecule has 0 atom stereocenters. The van der Waals surface area contributed by atoms with Gasteiger partial charge in [0.1, 0.15) is 0 Å². The topological polar surface area (TPSA) is 31.5 Å². The van der Waals surface area contributed by atoms with Crippen LogP contribution in [0.2, 0.25) is 4.44 Å². The van der Waals surface area contributed by atoms with Gasteiger partial charge in [-0.15, -0.1) is 0 Å². The fourth-order valence-electron chi connectivity index (χ4n) is 0.204. The Morgan fingerprint density at radius 2 is 2.00 bits per heavy atom. The molecule has 0 saturated heterocycles. The van der Waals surface area contributed by atoms with Gasteiger partial charge in [0.25, 0.3) is 0 Å². The summed E-state index contributed by atoms with van der Waals surface area (Å²) in [6.45, 7) is 2.23. The van der Waals surface area contributed by atoms with E-state index in [0.717, 1.165) is 0 Å². The summed E-state index contributed by atoms with van der Waals surface area (Å²) < 4.78 is 1.47. The molecule has 0 aliphatic carbocycles. The fraction of sp³-hybridized carbons (Fsp3) is 1.00. The first-order chi connectivity index (χ1) is 2.41. The molecule has 0 fully saturated rings. The zero-order valence-corrected chi connectivity index (χ0v) is 7.49. The minimum atomic E-state index is 0. The fourth-order valence-corrected chi connectivity index (χ4v) is 1.37. The van der Waals surface area contributed by atoms with E-state index in [-0.39, 0.29) is 5.48 Å². The van der Waals surface area contributed by atoms with Gasteiger partial charge < -0.3 is 5.48 Å². The van der Waals surface area contributed by atoms with Crippen LogP contribution >= 0.6 is 0 Å². The molecule has 0 aliphatic heterocycles. The van der Waals surface area contributed by atoms with E-state index in [4.69, 9.17) is 0 Å². The summed E-state index contributed by atoms with van der Waals surface area (Å²) in [4.78, 5) is 0. The SMILES string of the molecule is CCC[CH2][SnH].O. The molecule has 0 spiro atoms. The second kappa shape index (κ2) is 9.23. The standard InChI is InChI=1S/C4H9.H2O.Sn.H/c1-3-4-2;;;/h1,3-4H2,2H3;1H2;;. The van der Waals surface area contributed by atoms with Gasteiger partial charge in [0, 0.05) is 0 Å². The average Bonchev–Trinajstić information content (AvgIpc) is 1.41. The van der Waals surface area contributed by atoms with Crippen molar-refractivity contribution in [2.75, 3.05) is 0 Å². The Hall–Kier alpha value is 0.759. The Bertz CT molecular complexity index is 15.0. The zero-order chi connectivity index (χ0) is 4.12. The summed E-state index contributed by atoms with van der Waals surface area (Å²) in [6, 6.07) is 0. The van der Waals surface area contributed by atoms with Gasteiger partial charge in [-0.2, -0.15) is 0 Å². The summed E-state index contributed by atoms with van der Waals surface area (Å²) in [6.07, 6.45) is 2.82. The summed E-state index contributed by atoms with van der Waals surface area (Å²) >= 11 is 1.45. The molecule has 0 amide bonds. The Kier molecular flexibility index (Phi) is 15.2. The minimum Gasteiger partial charge on any atom is -0.412 e. The first-order valence-corrected chi connectivity index (χ1v) is 4.45. The van der Waals surface area contributed by atoms with E-state index in [1.165, 1.54) is 39.8 Å². The number of hydrogen-bond donors (Lipinski definition) is 0. The molecule has 0 unspecified atom stereocenters. The third kappa shape index (κ3) is 8.83. The van der Waals surface area contributed by atoms with E-state index in [1.807, 2.05) is 0 Å². The van der Waals surface area contributed by atoms with Gasteiger partial charge in [0.15, 0.2) is 0 Å². The van der Waals surface area contributed by atoms with Gasteiger partial charge in [0.05, 0.1) is 0 Å². The van der Waals surface area contributed by atoms with Crippen molar-refractivity contribution in [2.45, 2.75) is 24.2 Å². The third-order valence-electron chi connectivity index (χ3n) is 0.558. The van der Waals surface area contributed by atoms with Crippen LogP contribution in [0, 0.1) is 0 Å². The maximum absolute atomic E-state index is 2.23. The second-order valence-corrected chi connectivity index (χ2v) is 2.79. The van der Waals surface area contributed by atoms with Crippen molar-refractivity contribution in [2.24, 2.45) is 0 Å². The minimum absolute atomic E-state index is 0. The van der Waals surface area contributed by atoms with Crippen molar-refractivity contribution in [3.63, 3.8) is 0 Å². The van der Waals surface area contributed by atoms with Gasteiger partial charge >= 0.3 is 46.7 Å². The molecule has 0 aromatic heterocycles. The molecule has 0 heterocycles. The molecule has 1 nitrogen and oxygen atoms in total. The second-order valence-electron chi connectivity index (χ2n) is 1.14. The maximum atomic E-state index is 2.23. The first-order valence-electron chi connectivity index (χ1n) is 2.12.